The molecule has 1 aromatic rings. The van der Waals surface area contributed by atoms with Crippen LogP contribution in [-0.2, 0) is 17.9 Å². The van der Waals surface area contributed by atoms with Gasteiger partial charge < -0.3 is 15.4 Å². The molecule has 0 bridgehead atoms. The van der Waals surface area contributed by atoms with Gasteiger partial charge >= 0.3 is 0 Å². The van der Waals surface area contributed by atoms with E-state index < -0.39 is 0 Å². The molecule has 0 radical (unpaired) electrons. The smallest absolute Gasteiger partial charge is 0.0810 e. The highest BCUT2D eigenvalue weighted by Crippen LogP contribution is 2.16. The molecule has 1 rings (SSSR count). The zero-order valence-corrected chi connectivity index (χ0v) is 9.64. The topological polar surface area (TPSA) is 38.5 Å². The number of nitrogens with two attached hydrogens (primary N) is 1. The third-order valence-corrected chi connectivity index (χ3v) is 2.93. The van der Waals surface area contributed by atoms with Crippen LogP contribution in [0.2, 0.25) is 0 Å². The van der Waals surface area contributed by atoms with Gasteiger partial charge in [-0.2, -0.15) is 0 Å². The number of hydrogen-bond acceptors (Lipinski definition) is 4. The van der Waals surface area contributed by atoms with Crippen LogP contribution in [0.3, 0.4) is 0 Å². The lowest BCUT2D eigenvalue weighted by atomic mass is 10.4. The van der Waals surface area contributed by atoms with Crippen molar-refractivity contribution >= 4 is 11.3 Å². The summed E-state index contributed by atoms with van der Waals surface area (Å²) in [5.74, 6) is 0. The molecule has 3 nitrogen and oxygen atoms in total. The Morgan fingerprint density at radius 3 is 2.64 bits per heavy atom. The van der Waals surface area contributed by atoms with Crippen molar-refractivity contribution < 1.29 is 4.74 Å². The molecule has 1 aromatic heterocycles. The van der Waals surface area contributed by atoms with E-state index in [-0.39, 0.29) is 0 Å². The highest BCUT2D eigenvalue weighted by molar-refractivity contribution is 7.11. The van der Waals surface area contributed by atoms with Crippen LogP contribution in [0.4, 0.5) is 0 Å². The molecule has 80 valence electrons. The first-order valence-corrected chi connectivity index (χ1v) is 5.54. The summed E-state index contributed by atoms with van der Waals surface area (Å²) >= 11 is 1.73. The van der Waals surface area contributed by atoms with Gasteiger partial charge in [-0.15, -0.1) is 11.3 Å². The van der Waals surface area contributed by atoms with E-state index in [1.54, 1.807) is 11.3 Å². The van der Waals surface area contributed by atoms with E-state index in [1.807, 2.05) is 14.1 Å². The van der Waals surface area contributed by atoms with Crippen molar-refractivity contribution in [2.45, 2.75) is 13.2 Å². The molecule has 0 saturated carbocycles. The van der Waals surface area contributed by atoms with Gasteiger partial charge in [0.2, 0.25) is 0 Å². The summed E-state index contributed by atoms with van der Waals surface area (Å²) in [6.45, 7) is 3.08. The van der Waals surface area contributed by atoms with Crippen molar-refractivity contribution in [2.75, 3.05) is 27.2 Å². The summed E-state index contributed by atoms with van der Waals surface area (Å²) in [6.07, 6.45) is 0. The molecule has 4 heteroatoms. The van der Waals surface area contributed by atoms with Crippen LogP contribution < -0.4 is 5.73 Å². The number of likely N-dealkylation sites (N-methyl/N-ethyl adjacent to an activating group) is 1. The van der Waals surface area contributed by atoms with Crippen molar-refractivity contribution in [3.63, 3.8) is 0 Å². The van der Waals surface area contributed by atoms with Gasteiger partial charge in [-0.05, 0) is 26.2 Å². The molecule has 2 N–H and O–H groups in total. The minimum atomic E-state index is 0.627. The lowest BCUT2D eigenvalue weighted by Gasteiger charge is -2.08. The monoisotopic (exact) mass is 214 g/mol. The summed E-state index contributed by atoms with van der Waals surface area (Å²) in [6, 6.07) is 4.15. The summed E-state index contributed by atoms with van der Waals surface area (Å²) < 4.78 is 5.52. The molecule has 0 spiro atoms. The van der Waals surface area contributed by atoms with Crippen LogP contribution in [0.5, 0.6) is 0 Å². The normalized spacial score (nSPS) is 11.1. The third-order valence-electron chi connectivity index (χ3n) is 1.85. The Labute approximate surface area is 89.5 Å². The average molecular weight is 214 g/mol. The van der Waals surface area contributed by atoms with Crippen molar-refractivity contribution in [3.8, 4) is 0 Å². The number of thiophene rings is 1. The van der Waals surface area contributed by atoms with E-state index in [0.29, 0.717) is 13.2 Å². The van der Waals surface area contributed by atoms with E-state index >= 15 is 0 Å². The molecule has 0 aliphatic carbocycles. The lowest BCUT2D eigenvalue weighted by molar-refractivity contribution is 0.107. The Morgan fingerprint density at radius 1 is 1.36 bits per heavy atom. The maximum absolute atomic E-state index is 5.52. The van der Waals surface area contributed by atoms with Crippen molar-refractivity contribution in [3.05, 3.63) is 21.9 Å². The zero-order valence-electron chi connectivity index (χ0n) is 8.82. The first-order valence-electron chi connectivity index (χ1n) is 4.72. The second kappa shape index (κ2) is 6.14. The molecule has 0 saturated heterocycles. The molecule has 0 aliphatic rings. The van der Waals surface area contributed by atoms with Crippen LogP contribution in [0.25, 0.3) is 0 Å². The molecule has 0 unspecified atom stereocenters. The van der Waals surface area contributed by atoms with Gasteiger partial charge in [0.1, 0.15) is 0 Å². The highest BCUT2D eigenvalue weighted by atomic mass is 32.1. The van der Waals surface area contributed by atoms with Gasteiger partial charge in [0.25, 0.3) is 0 Å². The summed E-state index contributed by atoms with van der Waals surface area (Å²) in [7, 11) is 4.09. The molecule has 0 aromatic carbocycles. The number of hydrogen-bond donors (Lipinski definition) is 1. The molecule has 0 aliphatic heterocycles. The first kappa shape index (κ1) is 11.7. The van der Waals surface area contributed by atoms with E-state index in [1.165, 1.54) is 9.75 Å². The van der Waals surface area contributed by atoms with E-state index in [9.17, 15) is 0 Å². The Hall–Kier alpha value is -0.420. The largest absolute Gasteiger partial charge is 0.375 e. The summed E-state index contributed by atoms with van der Waals surface area (Å²) in [4.78, 5) is 4.58. The van der Waals surface area contributed by atoms with Gasteiger partial charge in [-0.25, -0.2) is 0 Å². The van der Waals surface area contributed by atoms with Gasteiger partial charge in [-0.3, -0.25) is 0 Å². The SMILES string of the molecule is CN(C)CCOCc1ccc(CN)s1. The molecule has 1 heterocycles. The number of rotatable bonds is 6. The Morgan fingerprint density at radius 2 is 2.07 bits per heavy atom. The number of ether oxygens (including phenoxy) is 1. The minimum absolute atomic E-state index is 0.627. The Kier molecular flexibility index (Phi) is 5.11. The lowest BCUT2D eigenvalue weighted by Crippen LogP contribution is -2.17. The van der Waals surface area contributed by atoms with Gasteiger partial charge in [0.15, 0.2) is 0 Å². The van der Waals surface area contributed by atoms with Crippen molar-refractivity contribution in [1.29, 1.82) is 0 Å². The molecular weight excluding hydrogens is 196 g/mol. The van der Waals surface area contributed by atoms with Crippen LogP contribution in [-0.4, -0.2) is 32.1 Å². The quantitative estimate of drug-likeness (QED) is 0.725. The maximum atomic E-state index is 5.52. The zero-order chi connectivity index (χ0) is 10.4. The predicted molar refractivity (Wildman–Crippen MR) is 60.4 cm³/mol. The number of nitrogens with zero attached hydrogens (tertiary/aromatic N) is 1. The second-order valence-corrected chi connectivity index (χ2v) is 4.68. The van der Waals surface area contributed by atoms with Gasteiger partial charge in [-0.1, -0.05) is 0 Å². The van der Waals surface area contributed by atoms with E-state index in [0.717, 1.165) is 13.2 Å². The van der Waals surface area contributed by atoms with E-state index in [4.69, 9.17) is 10.5 Å². The maximum Gasteiger partial charge on any atom is 0.0810 e. The first-order chi connectivity index (χ1) is 6.72. The minimum Gasteiger partial charge on any atom is -0.375 e. The molecule has 0 fully saturated rings. The van der Waals surface area contributed by atoms with Crippen LogP contribution in [0, 0.1) is 0 Å². The molecular formula is C10H18N2OS. The standard InChI is InChI=1S/C10H18N2OS/c1-12(2)5-6-13-8-10-4-3-9(7-11)14-10/h3-4H,5-8,11H2,1-2H3. The fourth-order valence-corrected chi connectivity index (χ4v) is 1.86. The predicted octanol–water partition coefficient (Wildman–Crippen LogP) is 1.28. The van der Waals surface area contributed by atoms with Crippen LogP contribution in [0.1, 0.15) is 9.75 Å². The molecule has 0 amide bonds. The Bertz CT molecular complexity index is 260. The van der Waals surface area contributed by atoms with Gasteiger partial charge in [0.05, 0.1) is 13.2 Å². The molecule has 14 heavy (non-hydrogen) atoms. The Balaban J connectivity index is 2.18. The molecule has 0 atom stereocenters. The van der Waals surface area contributed by atoms with Gasteiger partial charge in [0, 0.05) is 22.8 Å². The van der Waals surface area contributed by atoms with Crippen LogP contribution in [0.15, 0.2) is 12.1 Å². The fourth-order valence-electron chi connectivity index (χ4n) is 1.03. The summed E-state index contributed by atoms with van der Waals surface area (Å²) in [5.41, 5.74) is 5.52. The third kappa shape index (κ3) is 4.19. The van der Waals surface area contributed by atoms with Crippen molar-refractivity contribution in [2.24, 2.45) is 5.73 Å². The fraction of sp³-hybridized carbons (Fsp3) is 0.600. The van der Waals surface area contributed by atoms with Crippen molar-refractivity contribution in [1.82, 2.24) is 4.90 Å². The summed E-state index contributed by atoms with van der Waals surface area (Å²) in [5, 5.41) is 0. The van der Waals surface area contributed by atoms with E-state index in [2.05, 4.69) is 17.0 Å². The average Bonchev–Trinajstić information content (AvgIpc) is 2.60. The second-order valence-electron chi connectivity index (χ2n) is 3.43. The highest BCUT2D eigenvalue weighted by Gasteiger charge is 1.98. The van der Waals surface area contributed by atoms with Crippen LogP contribution >= 0.6 is 11.3 Å².